The van der Waals surface area contributed by atoms with Crippen molar-refractivity contribution in [2.24, 2.45) is 0 Å². The van der Waals surface area contributed by atoms with Crippen LogP contribution in [0.2, 0.25) is 0 Å². The summed E-state index contributed by atoms with van der Waals surface area (Å²) in [5, 5.41) is 11.3. The van der Waals surface area contributed by atoms with Gasteiger partial charge in [0, 0.05) is 18.1 Å². The topological polar surface area (TPSA) is 84.9 Å². The minimum atomic E-state index is -1.16. The minimum absolute atomic E-state index is 0.0124. The molecule has 0 heterocycles. The second-order valence-electron chi connectivity index (χ2n) is 4.22. The molecule has 6 nitrogen and oxygen atoms in total. The number of hydrogen-bond acceptors (Lipinski definition) is 4. The molecule has 0 aromatic heterocycles. The Balaban J connectivity index is 2.79. The largest absolute Gasteiger partial charge is 0.497 e. The predicted molar refractivity (Wildman–Crippen MR) is 76.3 cm³/mol. The zero-order valence-electron chi connectivity index (χ0n) is 11.9. The van der Waals surface area contributed by atoms with E-state index in [1.54, 1.807) is 18.2 Å². The summed E-state index contributed by atoms with van der Waals surface area (Å²) in [6.07, 6.45) is 4.99. The average molecular weight is 291 g/mol. The van der Waals surface area contributed by atoms with Gasteiger partial charge in [-0.2, -0.15) is 0 Å². The molecule has 0 aliphatic carbocycles. The number of carboxylic acid groups (broad SMARTS) is 1. The number of aliphatic carboxylic acids is 1. The Morgan fingerprint density at radius 2 is 2.10 bits per heavy atom. The molecule has 0 bridgehead atoms. The van der Waals surface area contributed by atoms with Crippen molar-refractivity contribution >= 4 is 11.9 Å². The first-order valence-corrected chi connectivity index (χ1v) is 6.18. The lowest BCUT2D eigenvalue weighted by Gasteiger charge is -2.13. The Morgan fingerprint density at radius 3 is 2.62 bits per heavy atom. The normalized spacial score (nSPS) is 11.1. The second-order valence-corrected chi connectivity index (χ2v) is 4.22. The van der Waals surface area contributed by atoms with E-state index in [1.165, 1.54) is 14.2 Å². The van der Waals surface area contributed by atoms with Crippen molar-refractivity contribution < 1.29 is 24.2 Å². The summed E-state index contributed by atoms with van der Waals surface area (Å²) in [5.41, 5.74) is 0.626. The quantitative estimate of drug-likeness (QED) is 0.727. The van der Waals surface area contributed by atoms with Gasteiger partial charge in [-0.25, -0.2) is 4.79 Å². The summed E-state index contributed by atoms with van der Waals surface area (Å²) in [6.45, 7) is 0. The van der Waals surface area contributed by atoms with E-state index in [4.69, 9.17) is 21.0 Å². The summed E-state index contributed by atoms with van der Waals surface area (Å²) in [5.74, 6) is 1.71. The van der Waals surface area contributed by atoms with E-state index in [-0.39, 0.29) is 12.8 Å². The van der Waals surface area contributed by atoms with Crippen LogP contribution in [0.1, 0.15) is 12.0 Å². The molecular formula is C15H17NO5. The molecule has 21 heavy (non-hydrogen) atoms. The summed E-state index contributed by atoms with van der Waals surface area (Å²) in [6, 6.07) is 3.94. The van der Waals surface area contributed by atoms with Gasteiger partial charge in [0.1, 0.15) is 17.5 Å². The molecule has 1 atom stereocenters. The van der Waals surface area contributed by atoms with E-state index in [1.807, 2.05) is 0 Å². The van der Waals surface area contributed by atoms with Gasteiger partial charge in [-0.05, 0) is 6.07 Å². The monoisotopic (exact) mass is 291 g/mol. The van der Waals surface area contributed by atoms with E-state index < -0.39 is 17.9 Å². The van der Waals surface area contributed by atoms with Crippen LogP contribution in [0.3, 0.4) is 0 Å². The number of terminal acetylenes is 1. The number of carbonyl (C=O) groups is 2. The molecule has 1 amide bonds. The minimum Gasteiger partial charge on any atom is -0.497 e. The number of ether oxygens (including phenoxy) is 2. The van der Waals surface area contributed by atoms with Crippen LogP contribution in [-0.4, -0.2) is 37.2 Å². The predicted octanol–water partition coefficient (Wildman–Crippen LogP) is 0.839. The van der Waals surface area contributed by atoms with Crippen molar-refractivity contribution in [3.05, 3.63) is 23.8 Å². The third-order valence-corrected chi connectivity index (χ3v) is 2.80. The molecule has 6 heteroatoms. The van der Waals surface area contributed by atoms with Crippen molar-refractivity contribution in [2.45, 2.75) is 18.9 Å². The van der Waals surface area contributed by atoms with Crippen molar-refractivity contribution in [3.63, 3.8) is 0 Å². The first-order chi connectivity index (χ1) is 10.0. The number of benzene rings is 1. The zero-order valence-corrected chi connectivity index (χ0v) is 11.9. The first kappa shape index (κ1) is 16.4. The van der Waals surface area contributed by atoms with E-state index >= 15 is 0 Å². The number of amides is 1. The number of methoxy groups -OCH3 is 2. The molecule has 1 aromatic rings. The SMILES string of the molecule is C#CCC(NC(=O)Cc1ccc(OC)cc1OC)C(=O)O. The van der Waals surface area contributed by atoms with Gasteiger partial charge in [-0.1, -0.05) is 6.07 Å². The number of rotatable bonds is 7. The maximum absolute atomic E-state index is 11.9. The summed E-state index contributed by atoms with van der Waals surface area (Å²) >= 11 is 0. The molecule has 0 saturated heterocycles. The number of hydrogen-bond donors (Lipinski definition) is 2. The Kier molecular flexibility index (Phi) is 6.08. The van der Waals surface area contributed by atoms with Crippen LogP contribution in [0.5, 0.6) is 11.5 Å². The molecule has 0 spiro atoms. The van der Waals surface area contributed by atoms with Gasteiger partial charge in [0.15, 0.2) is 0 Å². The van der Waals surface area contributed by atoms with E-state index in [9.17, 15) is 9.59 Å². The van der Waals surface area contributed by atoms with E-state index in [2.05, 4.69) is 11.2 Å². The van der Waals surface area contributed by atoms with Crippen molar-refractivity contribution in [1.82, 2.24) is 5.32 Å². The van der Waals surface area contributed by atoms with Crippen molar-refractivity contribution in [3.8, 4) is 23.8 Å². The van der Waals surface area contributed by atoms with Gasteiger partial charge in [-0.3, -0.25) is 4.79 Å². The van der Waals surface area contributed by atoms with E-state index in [0.717, 1.165) is 0 Å². The molecule has 112 valence electrons. The Hall–Kier alpha value is -2.68. The third kappa shape index (κ3) is 4.73. The molecule has 0 aliphatic heterocycles. The lowest BCUT2D eigenvalue weighted by Crippen LogP contribution is -2.41. The van der Waals surface area contributed by atoms with Gasteiger partial charge in [0.05, 0.1) is 20.6 Å². The van der Waals surface area contributed by atoms with Gasteiger partial charge in [0.2, 0.25) is 5.91 Å². The lowest BCUT2D eigenvalue weighted by atomic mass is 10.1. The highest BCUT2D eigenvalue weighted by Crippen LogP contribution is 2.24. The number of carboxylic acids is 1. The zero-order chi connectivity index (χ0) is 15.8. The third-order valence-electron chi connectivity index (χ3n) is 2.80. The van der Waals surface area contributed by atoms with Gasteiger partial charge in [-0.15, -0.1) is 12.3 Å². The molecule has 1 unspecified atom stereocenters. The van der Waals surface area contributed by atoms with Crippen LogP contribution in [-0.2, 0) is 16.0 Å². The van der Waals surface area contributed by atoms with E-state index in [0.29, 0.717) is 17.1 Å². The van der Waals surface area contributed by atoms with Crippen molar-refractivity contribution in [2.75, 3.05) is 14.2 Å². The Bertz CT molecular complexity index is 562. The van der Waals surface area contributed by atoms with Crippen LogP contribution >= 0.6 is 0 Å². The molecule has 1 rings (SSSR count). The molecule has 0 aliphatic rings. The van der Waals surface area contributed by atoms with Gasteiger partial charge in [0.25, 0.3) is 0 Å². The van der Waals surface area contributed by atoms with Gasteiger partial charge < -0.3 is 19.9 Å². The molecule has 0 fully saturated rings. The second kappa shape index (κ2) is 7.80. The summed E-state index contributed by atoms with van der Waals surface area (Å²) in [4.78, 5) is 22.8. The van der Waals surface area contributed by atoms with Crippen LogP contribution in [0.25, 0.3) is 0 Å². The summed E-state index contributed by atoms with van der Waals surface area (Å²) in [7, 11) is 3.01. The number of nitrogens with one attached hydrogen (secondary N) is 1. The fraction of sp³-hybridized carbons (Fsp3) is 0.333. The smallest absolute Gasteiger partial charge is 0.327 e. The lowest BCUT2D eigenvalue weighted by molar-refractivity contribution is -0.141. The standard InChI is InChI=1S/C15H17NO5/c1-4-5-12(15(18)19)16-14(17)8-10-6-7-11(20-2)9-13(10)21-3/h1,6-7,9,12H,5,8H2,2-3H3,(H,16,17)(H,18,19). The van der Waals surface area contributed by atoms with Crippen LogP contribution in [0.4, 0.5) is 0 Å². The fourth-order valence-corrected chi connectivity index (χ4v) is 1.73. The summed E-state index contributed by atoms with van der Waals surface area (Å²) < 4.78 is 10.2. The first-order valence-electron chi connectivity index (χ1n) is 6.18. The van der Waals surface area contributed by atoms with Gasteiger partial charge >= 0.3 is 5.97 Å². The highest BCUT2D eigenvalue weighted by molar-refractivity contribution is 5.85. The average Bonchev–Trinajstić information content (AvgIpc) is 2.47. The van der Waals surface area contributed by atoms with Crippen LogP contribution in [0.15, 0.2) is 18.2 Å². The maximum Gasteiger partial charge on any atom is 0.327 e. The Morgan fingerprint density at radius 1 is 1.38 bits per heavy atom. The fourth-order valence-electron chi connectivity index (χ4n) is 1.73. The van der Waals surface area contributed by atoms with Crippen molar-refractivity contribution in [1.29, 1.82) is 0 Å². The van der Waals surface area contributed by atoms with Crippen LogP contribution < -0.4 is 14.8 Å². The molecule has 1 aromatic carbocycles. The number of carbonyl (C=O) groups excluding carboxylic acids is 1. The highest BCUT2D eigenvalue weighted by Gasteiger charge is 2.19. The molecule has 0 saturated carbocycles. The van der Waals surface area contributed by atoms with Crippen LogP contribution in [0, 0.1) is 12.3 Å². The molecule has 2 N–H and O–H groups in total. The highest BCUT2D eigenvalue weighted by atomic mass is 16.5. The molecular weight excluding hydrogens is 274 g/mol. The molecule has 0 radical (unpaired) electrons. The maximum atomic E-state index is 11.9. The Labute approximate surface area is 123 Å².